The lowest BCUT2D eigenvalue weighted by atomic mass is 9.94. The minimum Gasteiger partial charge on any atom is -0.469 e. The summed E-state index contributed by atoms with van der Waals surface area (Å²) in [4.78, 5) is 25.0. The lowest BCUT2D eigenvalue weighted by molar-refractivity contribution is -0.141. The summed E-state index contributed by atoms with van der Waals surface area (Å²) in [6.45, 7) is 1.91. The second kappa shape index (κ2) is 11.9. The Labute approximate surface area is 201 Å². The van der Waals surface area contributed by atoms with Crippen molar-refractivity contribution in [3.8, 4) is 0 Å². The van der Waals surface area contributed by atoms with Crippen LogP contribution in [-0.4, -0.2) is 23.4 Å². The molecule has 0 aliphatic carbocycles. The highest BCUT2D eigenvalue weighted by Crippen LogP contribution is 2.31. The minimum absolute atomic E-state index is 0.0539. The molecule has 1 atom stereocenters. The summed E-state index contributed by atoms with van der Waals surface area (Å²) < 4.78 is 6.87. The third kappa shape index (κ3) is 6.58. The van der Waals surface area contributed by atoms with Gasteiger partial charge in [0.15, 0.2) is 5.78 Å². The fourth-order valence-electron chi connectivity index (χ4n) is 4.27. The normalized spacial score (nSPS) is 12.4. The van der Waals surface area contributed by atoms with E-state index in [2.05, 4.69) is 28.9 Å². The van der Waals surface area contributed by atoms with Gasteiger partial charge in [-0.1, -0.05) is 61.0 Å². The molecule has 1 aromatic heterocycles. The number of ketones is 1. The first-order valence-corrected chi connectivity index (χ1v) is 11.9. The molecule has 0 bridgehead atoms. The molecule has 4 nitrogen and oxygen atoms in total. The Kier molecular flexibility index (Phi) is 8.90. The molecule has 33 heavy (non-hydrogen) atoms. The zero-order chi connectivity index (χ0) is 23.8. The molecule has 1 heterocycles. The van der Waals surface area contributed by atoms with Crippen LogP contribution in [-0.2, 0) is 23.0 Å². The number of nitrogens with zero attached hydrogens (tertiary/aromatic N) is 1. The van der Waals surface area contributed by atoms with Crippen molar-refractivity contribution in [1.29, 1.82) is 0 Å². The number of aryl methyl sites for hydroxylation is 1. The zero-order valence-electron chi connectivity index (χ0n) is 19.6. The fraction of sp³-hybridized carbons (Fsp3) is 0.357. The molecule has 0 spiro atoms. The molecule has 0 aliphatic rings. The van der Waals surface area contributed by atoms with Crippen LogP contribution in [0.4, 0.5) is 0 Å². The molecule has 1 unspecified atom stereocenters. The summed E-state index contributed by atoms with van der Waals surface area (Å²) in [7, 11) is 3.38. The van der Waals surface area contributed by atoms with Crippen molar-refractivity contribution in [2.45, 2.75) is 45.4 Å². The number of ether oxygens (including phenoxy) is 1. The predicted octanol–water partition coefficient (Wildman–Crippen LogP) is 7.03. The highest BCUT2D eigenvalue weighted by Gasteiger charge is 2.23. The predicted molar refractivity (Wildman–Crippen MR) is 136 cm³/mol. The van der Waals surface area contributed by atoms with Gasteiger partial charge in [0.25, 0.3) is 0 Å². The number of benzene rings is 2. The van der Waals surface area contributed by atoms with Crippen LogP contribution in [0.15, 0.2) is 54.6 Å². The average Bonchev–Trinajstić information content (AvgIpc) is 3.07. The Morgan fingerprint density at radius 2 is 1.85 bits per heavy atom. The maximum Gasteiger partial charge on any atom is 0.305 e. The van der Waals surface area contributed by atoms with Crippen LogP contribution in [0.25, 0.3) is 17.0 Å². The zero-order valence-corrected chi connectivity index (χ0v) is 20.4. The monoisotopic (exact) mass is 465 g/mol. The number of halogens is 1. The van der Waals surface area contributed by atoms with Crippen molar-refractivity contribution in [3.63, 3.8) is 0 Å². The summed E-state index contributed by atoms with van der Waals surface area (Å²) in [6, 6.07) is 16.0. The van der Waals surface area contributed by atoms with Gasteiger partial charge in [-0.15, -0.1) is 0 Å². The van der Waals surface area contributed by atoms with Gasteiger partial charge in [-0.25, -0.2) is 0 Å². The van der Waals surface area contributed by atoms with E-state index in [-0.39, 0.29) is 24.1 Å². The van der Waals surface area contributed by atoms with E-state index in [0.29, 0.717) is 11.4 Å². The van der Waals surface area contributed by atoms with Gasteiger partial charge in [0.2, 0.25) is 0 Å². The van der Waals surface area contributed by atoms with Crippen molar-refractivity contribution in [3.05, 3.63) is 76.5 Å². The molecule has 2 aromatic carbocycles. The lowest BCUT2D eigenvalue weighted by Gasteiger charge is -2.11. The average molecular weight is 466 g/mol. The van der Waals surface area contributed by atoms with E-state index in [1.807, 2.05) is 50.4 Å². The van der Waals surface area contributed by atoms with E-state index in [1.165, 1.54) is 12.7 Å². The van der Waals surface area contributed by atoms with Crippen LogP contribution in [0.2, 0.25) is 5.02 Å². The van der Waals surface area contributed by atoms with Gasteiger partial charge in [0, 0.05) is 47.1 Å². The number of Topliss-reactive ketones (excluding diaryl/α,β-unsaturated/α-hetero) is 1. The number of allylic oxidation sites excluding steroid dienone is 1. The maximum absolute atomic E-state index is 13.4. The quantitative estimate of drug-likeness (QED) is 0.173. The van der Waals surface area contributed by atoms with Crippen LogP contribution >= 0.6 is 11.6 Å². The molecular weight excluding hydrogens is 434 g/mol. The summed E-state index contributed by atoms with van der Waals surface area (Å²) >= 11 is 6.27. The SMILES string of the molecule is COC(=O)CC(C)CC(=O)c1c(CCCC/C=C/c2ccccc2)n(C)c2ccc(Cl)cc12. The second-order valence-electron chi connectivity index (χ2n) is 8.61. The molecule has 3 rings (SSSR count). The van der Waals surface area contributed by atoms with Gasteiger partial charge >= 0.3 is 5.97 Å². The van der Waals surface area contributed by atoms with E-state index >= 15 is 0 Å². The largest absolute Gasteiger partial charge is 0.469 e. The number of methoxy groups -OCH3 is 1. The number of rotatable bonds is 11. The third-order valence-corrected chi connectivity index (χ3v) is 6.22. The van der Waals surface area contributed by atoms with Gasteiger partial charge in [-0.05, 0) is 55.4 Å². The van der Waals surface area contributed by atoms with Gasteiger partial charge in [0.05, 0.1) is 7.11 Å². The Bertz CT molecular complexity index is 1130. The van der Waals surface area contributed by atoms with E-state index in [1.54, 1.807) is 0 Å². The van der Waals surface area contributed by atoms with Crippen LogP contribution in [0.5, 0.6) is 0 Å². The summed E-state index contributed by atoms with van der Waals surface area (Å²) in [5, 5.41) is 1.50. The number of carbonyl (C=O) groups excluding carboxylic acids is 2. The smallest absolute Gasteiger partial charge is 0.305 e. The summed E-state index contributed by atoms with van der Waals surface area (Å²) in [6.07, 6.45) is 8.71. The van der Waals surface area contributed by atoms with Crippen molar-refractivity contribution < 1.29 is 14.3 Å². The molecule has 5 heteroatoms. The Balaban J connectivity index is 1.73. The molecule has 0 fully saturated rings. The number of fused-ring (bicyclic) bond motifs is 1. The van der Waals surface area contributed by atoms with E-state index < -0.39 is 0 Å². The summed E-state index contributed by atoms with van der Waals surface area (Å²) in [5.74, 6) is -0.325. The Hall–Kier alpha value is -2.85. The van der Waals surface area contributed by atoms with Crippen molar-refractivity contribution in [2.75, 3.05) is 7.11 Å². The molecule has 174 valence electrons. The van der Waals surface area contributed by atoms with Gasteiger partial charge in [-0.2, -0.15) is 0 Å². The Morgan fingerprint density at radius 3 is 2.58 bits per heavy atom. The molecule has 0 saturated carbocycles. The number of unbranched alkanes of at least 4 members (excludes halogenated alkanes) is 2. The standard InChI is InChI=1S/C28H32ClNO3/c1-20(18-27(32)33-3)17-26(31)28-23-19-22(29)15-16-24(23)30(2)25(28)14-10-5-4-7-11-21-12-8-6-9-13-21/h6-9,11-13,15-16,19-20H,4-5,10,14,17-18H2,1-3H3/b11-7+. The van der Waals surface area contributed by atoms with Crippen molar-refractivity contribution >= 4 is 40.3 Å². The molecule has 0 saturated heterocycles. The highest BCUT2D eigenvalue weighted by atomic mass is 35.5. The number of aromatic nitrogens is 1. The summed E-state index contributed by atoms with van der Waals surface area (Å²) in [5.41, 5.74) is 3.99. The van der Waals surface area contributed by atoms with Gasteiger partial charge < -0.3 is 9.30 Å². The number of hydrogen-bond acceptors (Lipinski definition) is 3. The van der Waals surface area contributed by atoms with E-state index in [0.717, 1.165) is 47.8 Å². The molecule has 0 aliphatic heterocycles. The van der Waals surface area contributed by atoms with Crippen LogP contribution in [0.3, 0.4) is 0 Å². The van der Waals surface area contributed by atoms with Gasteiger partial charge in [0.1, 0.15) is 0 Å². The minimum atomic E-state index is -0.292. The molecular formula is C28H32ClNO3. The lowest BCUT2D eigenvalue weighted by Crippen LogP contribution is -2.13. The van der Waals surface area contributed by atoms with Crippen LogP contribution in [0, 0.1) is 5.92 Å². The molecule has 0 radical (unpaired) electrons. The fourth-order valence-corrected chi connectivity index (χ4v) is 4.44. The number of hydrogen-bond donors (Lipinski definition) is 0. The van der Waals surface area contributed by atoms with E-state index in [9.17, 15) is 9.59 Å². The first-order chi connectivity index (χ1) is 15.9. The first kappa shape index (κ1) is 24.8. The van der Waals surface area contributed by atoms with Crippen LogP contribution < -0.4 is 0 Å². The van der Waals surface area contributed by atoms with E-state index in [4.69, 9.17) is 16.3 Å². The number of esters is 1. The molecule has 0 amide bonds. The third-order valence-electron chi connectivity index (χ3n) is 5.98. The first-order valence-electron chi connectivity index (χ1n) is 11.5. The number of carbonyl (C=O) groups is 2. The highest BCUT2D eigenvalue weighted by molar-refractivity contribution is 6.31. The topological polar surface area (TPSA) is 48.3 Å². The van der Waals surface area contributed by atoms with Crippen molar-refractivity contribution in [1.82, 2.24) is 4.57 Å². The molecule has 3 aromatic rings. The Morgan fingerprint density at radius 1 is 1.09 bits per heavy atom. The van der Waals surface area contributed by atoms with Crippen LogP contribution in [0.1, 0.15) is 60.6 Å². The van der Waals surface area contributed by atoms with Crippen molar-refractivity contribution in [2.24, 2.45) is 13.0 Å². The molecule has 0 N–H and O–H groups in total. The maximum atomic E-state index is 13.4. The second-order valence-corrected chi connectivity index (χ2v) is 9.05. The van der Waals surface area contributed by atoms with Gasteiger partial charge in [-0.3, -0.25) is 9.59 Å².